The summed E-state index contributed by atoms with van der Waals surface area (Å²) in [7, 11) is 0. The van der Waals surface area contributed by atoms with Gasteiger partial charge in [0.05, 0.1) is 19.2 Å². The van der Waals surface area contributed by atoms with Gasteiger partial charge in [-0.15, -0.1) is 0 Å². The number of carbonyl (C=O) groups is 3. The first-order valence-corrected chi connectivity index (χ1v) is 5.61. The molecule has 106 valence electrons. The summed E-state index contributed by atoms with van der Waals surface area (Å²) in [5.74, 6) is -1.78. The lowest BCUT2D eigenvalue weighted by molar-refractivity contribution is -0.402. The molecule has 1 aromatic rings. The number of furan rings is 1. The molecule has 20 heavy (non-hydrogen) atoms. The summed E-state index contributed by atoms with van der Waals surface area (Å²) in [5, 5.41) is 10.3. The highest BCUT2D eigenvalue weighted by molar-refractivity contribution is 6.64. The molecule has 4 amide bonds. The van der Waals surface area contributed by atoms with E-state index in [1.54, 1.807) is 0 Å². The number of hydrazine groups is 1. The molecule has 1 aliphatic rings. The zero-order valence-electron chi connectivity index (χ0n) is 9.74. The molecule has 0 aromatic carbocycles. The van der Waals surface area contributed by atoms with E-state index in [2.05, 4.69) is 9.84 Å². The van der Waals surface area contributed by atoms with Crippen molar-refractivity contribution >= 4 is 34.8 Å². The summed E-state index contributed by atoms with van der Waals surface area (Å²) in [6, 6.07) is 1.31. The van der Waals surface area contributed by atoms with Crippen LogP contribution in [0.25, 0.3) is 0 Å². The minimum absolute atomic E-state index is 0.0275. The van der Waals surface area contributed by atoms with Gasteiger partial charge in [-0.25, -0.2) is 14.7 Å². The van der Waals surface area contributed by atoms with Gasteiger partial charge in [-0.05, 0) is 17.7 Å². The van der Waals surface area contributed by atoms with Crippen molar-refractivity contribution in [3.05, 3.63) is 28.0 Å². The van der Waals surface area contributed by atoms with Crippen LogP contribution in [0.15, 0.2) is 16.5 Å². The first kappa shape index (κ1) is 13.8. The maximum atomic E-state index is 11.7. The molecule has 1 fully saturated rings. The predicted molar refractivity (Wildman–Crippen MR) is 62.9 cm³/mol. The molecule has 10 nitrogen and oxygen atoms in total. The second-order valence-electron chi connectivity index (χ2n) is 3.67. The minimum atomic E-state index is -0.958. The van der Waals surface area contributed by atoms with E-state index in [4.69, 9.17) is 11.6 Å². The van der Waals surface area contributed by atoms with Crippen LogP contribution in [0.3, 0.4) is 0 Å². The third-order valence-electron chi connectivity index (χ3n) is 2.45. The first-order chi connectivity index (χ1) is 9.40. The third-order valence-corrected chi connectivity index (χ3v) is 2.66. The molecule has 1 saturated heterocycles. The molecule has 0 unspecified atom stereocenters. The fourth-order valence-electron chi connectivity index (χ4n) is 1.53. The van der Waals surface area contributed by atoms with Crippen molar-refractivity contribution in [3.63, 3.8) is 0 Å². The summed E-state index contributed by atoms with van der Waals surface area (Å²) in [5.41, 5.74) is 2.16. The second kappa shape index (κ2) is 5.17. The Hall–Kier alpha value is -2.62. The molecule has 2 heterocycles. The van der Waals surface area contributed by atoms with E-state index >= 15 is 0 Å². The van der Waals surface area contributed by atoms with Crippen LogP contribution in [0.2, 0.25) is 0 Å². The van der Waals surface area contributed by atoms with Gasteiger partial charge in [0.1, 0.15) is 4.92 Å². The van der Waals surface area contributed by atoms with E-state index in [-0.39, 0.29) is 18.8 Å². The minimum Gasteiger partial charge on any atom is -0.395 e. The van der Waals surface area contributed by atoms with Crippen molar-refractivity contribution in [1.82, 2.24) is 15.3 Å². The van der Waals surface area contributed by atoms with Gasteiger partial charge in [-0.3, -0.25) is 25.1 Å². The van der Waals surface area contributed by atoms with Crippen LogP contribution < -0.4 is 5.43 Å². The maximum Gasteiger partial charge on any atom is 0.433 e. The number of nitro groups is 1. The number of imide groups is 1. The number of hydrogen-bond donors (Lipinski definition) is 1. The standard InChI is InChI=1S/C9H7ClN4O6/c10-8(16)12-3-4-13(9(12)17)11-7(15)5-1-2-6(20-5)14(18)19/h1-2H,3-4H2,(H,11,15). The van der Waals surface area contributed by atoms with E-state index in [1.807, 2.05) is 0 Å². The quantitative estimate of drug-likeness (QED) is 0.383. The molecule has 0 saturated carbocycles. The van der Waals surface area contributed by atoms with Crippen molar-refractivity contribution in [2.24, 2.45) is 0 Å². The SMILES string of the molecule is O=C(NN1CCN(C(=O)Cl)C1=O)c1ccc([N+](=O)[O-])o1. The lowest BCUT2D eigenvalue weighted by Crippen LogP contribution is -2.45. The highest BCUT2D eigenvalue weighted by Gasteiger charge is 2.34. The number of nitrogens with zero attached hydrogens (tertiary/aromatic N) is 3. The summed E-state index contributed by atoms with van der Waals surface area (Å²) in [4.78, 5) is 44.5. The van der Waals surface area contributed by atoms with Crippen LogP contribution in [0.4, 0.5) is 15.5 Å². The second-order valence-corrected chi connectivity index (χ2v) is 4.00. The predicted octanol–water partition coefficient (Wildman–Crippen LogP) is 0.929. The van der Waals surface area contributed by atoms with Gasteiger partial charge in [-0.2, -0.15) is 0 Å². The smallest absolute Gasteiger partial charge is 0.395 e. The highest BCUT2D eigenvalue weighted by atomic mass is 35.5. The average Bonchev–Trinajstić information content (AvgIpc) is 2.97. The Morgan fingerprint density at radius 3 is 2.60 bits per heavy atom. The number of hydrogen-bond acceptors (Lipinski definition) is 6. The van der Waals surface area contributed by atoms with Crippen LogP contribution in [0.5, 0.6) is 0 Å². The fourth-order valence-corrected chi connectivity index (χ4v) is 1.69. The Morgan fingerprint density at radius 2 is 2.10 bits per heavy atom. The van der Waals surface area contributed by atoms with Crippen molar-refractivity contribution in [2.45, 2.75) is 0 Å². The largest absolute Gasteiger partial charge is 0.433 e. The van der Waals surface area contributed by atoms with E-state index in [1.165, 1.54) is 0 Å². The van der Waals surface area contributed by atoms with Crippen LogP contribution in [0.1, 0.15) is 10.6 Å². The monoisotopic (exact) mass is 302 g/mol. The molecule has 1 aliphatic heterocycles. The Balaban J connectivity index is 2.03. The van der Waals surface area contributed by atoms with Crippen molar-refractivity contribution in [3.8, 4) is 0 Å². The molecule has 0 spiro atoms. The Kier molecular flexibility index (Phi) is 3.57. The lowest BCUT2D eigenvalue weighted by atomic mass is 10.4. The highest BCUT2D eigenvalue weighted by Crippen LogP contribution is 2.16. The summed E-state index contributed by atoms with van der Waals surface area (Å²) < 4.78 is 4.67. The average molecular weight is 303 g/mol. The Bertz CT molecular complexity index is 599. The van der Waals surface area contributed by atoms with Crippen LogP contribution in [0, 0.1) is 10.1 Å². The molecular formula is C9H7ClN4O6. The normalized spacial score (nSPS) is 14.6. The van der Waals surface area contributed by atoms with E-state index in [9.17, 15) is 24.5 Å². The van der Waals surface area contributed by atoms with Crippen LogP contribution >= 0.6 is 11.6 Å². The molecule has 1 N–H and O–H groups in total. The molecule has 0 radical (unpaired) electrons. The first-order valence-electron chi connectivity index (χ1n) is 5.24. The Labute approximate surface area is 116 Å². The molecule has 0 bridgehead atoms. The maximum absolute atomic E-state index is 11.7. The van der Waals surface area contributed by atoms with Crippen molar-refractivity contribution in [1.29, 1.82) is 0 Å². The molecule has 0 aliphatic carbocycles. The number of nitrogens with one attached hydrogen (secondary N) is 1. The van der Waals surface area contributed by atoms with E-state index in [0.29, 0.717) is 0 Å². The van der Waals surface area contributed by atoms with Gasteiger partial charge < -0.3 is 4.42 Å². The topological polar surface area (TPSA) is 126 Å². The lowest BCUT2D eigenvalue weighted by Gasteiger charge is -2.15. The molecular weight excluding hydrogens is 296 g/mol. The van der Waals surface area contributed by atoms with Gasteiger partial charge in [0, 0.05) is 0 Å². The number of halogens is 1. The number of urea groups is 1. The number of amides is 4. The molecule has 1 aromatic heterocycles. The summed E-state index contributed by atoms with van der Waals surface area (Å²) in [6.07, 6.45) is 0. The van der Waals surface area contributed by atoms with Crippen molar-refractivity contribution < 1.29 is 23.7 Å². The fraction of sp³-hybridized carbons (Fsp3) is 0.222. The van der Waals surface area contributed by atoms with Gasteiger partial charge in [-0.1, -0.05) is 0 Å². The van der Waals surface area contributed by atoms with E-state index < -0.39 is 28.1 Å². The zero-order valence-corrected chi connectivity index (χ0v) is 10.5. The van der Waals surface area contributed by atoms with Crippen LogP contribution in [-0.4, -0.2) is 45.2 Å². The zero-order chi connectivity index (χ0) is 14.9. The summed E-state index contributed by atoms with van der Waals surface area (Å²) in [6.45, 7) is 0.0750. The molecule has 0 atom stereocenters. The van der Waals surface area contributed by atoms with Gasteiger partial charge >= 0.3 is 23.2 Å². The van der Waals surface area contributed by atoms with Crippen molar-refractivity contribution in [2.75, 3.05) is 13.1 Å². The third kappa shape index (κ3) is 2.54. The number of rotatable bonds is 3. The Morgan fingerprint density at radius 1 is 1.40 bits per heavy atom. The van der Waals surface area contributed by atoms with Gasteiger partial charge in [0.2, 0.25) is 5.76 Å². The molecule has 2 rings (SSSR count). The summed E-state index contributed by atoms with van der Waals surface area (Å²) >= 11 is 5.17. The van der Waals surface area contributed by atoms with Crippen LogP contribution in [-0.2, 0) is 0 Å². The number of carbonyl (C=O) groups excluding carboxylic acids is 3. The van der Waals surface area contributed by atoms with E-state index in [0.717, 1.165) is 22.0 Å². The van der Waals surface area contributed by atoms with Gasteiger partial charge in [0.15, 0.2) is 0 Å². The van der Waals surface area contributed by atoms with Gasteiger partial charge in [0.25, 0.3) is 0 Å². The molecule has 11 heteroatoms.